The predicted octanol–water partition coefficient (Wildman–Crippen LogP) is 0.979. The van der Waals surface area contributed by atoms with Crippen molar-refractivity contribution in [2.24, 2.45) is 5.73 Å². The second-order valence-corrected chi connectivity index (χ2v) is 6.74. The summed E-state index contributed by atoms with van der Waals surface area (Å²) in [6.07, 6.45) is 1.38. The molecule has 1 aromatic rings. The molecule has 0 aromatic heterocycles. The molecule has 1 aliphatic rings. The monoisotopic (exact) mass is 279 g/mol. The number of hydrogen-bond acceptors (Lipinski definition) is 4. The number of benzene rings is 1. The zero-order valence-corrected chi connectivity index (χ0v) is 11.7. The van der Waals surface area contributed by atoms with E-state index in [1.54, 1.807) is 13.0 Å². The minimum absolute atomic E-state index is 0.0912. The molecule has 0 radical (unpaired) electrons. The van der Waals surface area contributed by atoms with Gasteiger partial charge in [0, 0.05) is 19.1 Å². The van der Waals surface area contributed by atoms with Crippen molar-refractivity contribution in [3.8, 4) is 6.07 Å². The molecule has 1 aliphatic heterocycles. The molecule has 1 aromatic carbocycles. The molecule has 0 saturated carbocycles. The van der Waals surface area contributed by atoms with Crippen LogP contribution in [0.5, 0.6) is 0 Å². The van der Waals surface area contributed by atoms with E-state index in [2.05, 4.69) is 0 Å². The minimum Gasteiger partial charge on any atom is -0.328 e. The lowest BCUT2D eigenvalue weighted by molar-refractivity contribution is 0.320. The highest BCUT2D eigenvalue weighted by Gasteiger charge is 2.29. The first-order valence-electron chi connectivity index (χ1n) is 6.21. The average Bonchev–Trinajstić information content (AvgIpc) is 2.38. The maximum Gasteiger partial charge on any atom is 0.243 e. The third kappa shape index (κ3) is 2.78. The van der Waals surface area contributed by atoms with Gasteiger partial charge in [0.25, 0.3) is 0 Å². The van der Waals surface area contributed by atoms with Crippen LogP contribution in [0, 0.1) is 18.3 Å². The zero-order chi connectivity index (χ0) is 14.0. The summed E-state index contributed by atoms with van der Waals surface area (Å²) in [4.78, 5) is 0.280. The maximum absolute atomic E-state index is 12.5. The largest absolute Gasteiger partial charge is 0.328 e. The van der Waals surface area contributed by atoms with E-state index in [0.29, 0.717) is 37.1 Å². The number of aryl methyl sites for hydroxylation is 1. The highest BCUT2D eigenvalue weighted by molar-refractivity contribution is 7.89. The second-order valence-electron chi connectivity index (χ2n) is 4.83. The molecule has 1 heterocycles. The van der Waals surface area contributed by atoms with Crippen LogP contribution in [0.1, 0.15) is 24.0 Å². The van der Waals surface area contributed by atoms with Gasteiger partial charge in [-0.05, 0) is 43.5 Å². The molecule has 1 fully saturated rings. The topological polar surface area (TPSA) is 87.2 Å². The number of sulfonamides is 1. The van der Waals surface area contributed by atoms with Gasteiger partial charge in [-0.1, -0.05) is 0 Å². The minimum atomic E-state index is -3.47. The van der Waals surface area contributed by atoms with Crippen LogP contribution in [0.3, 0.4) is 0 Å². The Morgan fingerprint density at radius 2 is 2.00 bits per heavy atom. The molecule has 0 aliphatic carbocycles. The van der Waals surface area contributed by atoms with Crippen molar-refractivity contribution in [1.82, 2.24) is 4.31 Å². The summed E-state index contributed by atoms with van der Waals surface area (Å²) in [6, 6.07) is 6.75. The summed E-state index contributed by atoms with van der Waals surface area (Å²) in [5, 5.41) is 8.81. The number of hydrogen-bond donors (Lipinski definition) is 1. The predicted molar refractivity (Wildman–Crippen MR) is 71.9 cm³/mol. The van der Waals surface area contributed by atoms with Gasteiger partial charge in [0.15, 0.2) is 0 Å². The average molecular weight is 279 g/mol. The summed E-state index contributed by atoms with van der Waals surface area (Å²) in [5.41, 5.74) is 6.86. The molecule has 6 heteroatoms. The fourth-order valence-electron chi connectivity index (χ4n) is 2.26. The van der Waals surface area contributed by atoms with Gasteiger partial charge in [-0.3, -0.25) is 0 Å². The van der Waals surface area contributed by atoms with Crippen molar-refractivity contribution in [2.75, 3.05) is 13.1 Å². The van der Waals surface area contributed by atoms with Crippen LogP contribution in [0.2, 0.25) is 0 Å². The Morgan fingerprint density at radius 3 is 2.53 bits per heavy atom. The van der Waals surface area contributed by atoms with Crippen LogP contribution < -0.4 is 5.73 Å². The Balaban J connectivity index is 2.32. The summed E-state index contributed by atoms with van der Waals surface area (Å²) >= 11 is 0. The number of nitrogens with zero attached hydrogens (tertiary/aromatic N) is 2. The van der Waals surface area contributed by atoms with Gasteiger partial charge in [-0.25, -0.2) is 8.42 Å². The van der Waals surface area contributed by atoms with Gasteiger partial charge in [-0.15, -0.1) is 0 Å². The van der Waals surface area contributed by atoms with Crippen LogP contribution >= 0.6 is 0 Å². The smallest absolute Gasteiger partial charge is 0.243 e. The highest BCUT2D eigenvalue weighted by Crippen LogP contribution is 2.23. The number of nitrogens with two attached hydrogens (primary N) is 1. The molecule has 102 valence electrons. The number of piperidine rings is 1. The van der Waals surface area contributed by atoms with Gasteiger partial charge in [0.1, 0.15) is 0 Å². The standard InChI is InChI=1S/C13H17N3O2S/c1-10-8-11(9-14)2-3-13(10)19(17,18)16-6-4-12(15)5-7-16/h2-3,8,12H,4-7,15H2,1H3. The summed E-state index contributed by atoms with van der Waals surface area (Å²) in [6.45, 7) is 2.63. The van der Waals surface area contributed by atoms with E-state index in [1.807, 2.05) is 6.07 Å². The second kappa shape index (κ2) is 5.29. The van der Waals surface area contributed by atoms with Crippen molar-refractivity contribution in [3.05, 3.63) is 29.3 Å². The van der Waals surface area contributed by atoms with E-state index in [4.69, 9.17) is 11.0 Å². The van der Waals surface area contributed by atoms with E-state index in [1.165, 1.54) is 16.4 Å². The van der Waals surface area contributed by atoms with Gasteiger partial charge in [0.05, 0.1) is 16.5 Å². The third-order valence-electron chi connectivity index (χ3n) is 3.42. The highest BCUT2D eigenvalue weighted by atomic mass is 32.2. The summed E-state index contributed by atoms with van der Waals surface area (Å²) in [7, 11) is -3.47. The molecular weight excluding hydrogens is 262 g/mol. The van der Waals surface area contributed by atoms with E-state index >= 15 is 0 Å². The Kier molecular flexibility index (Phi) is 3.90. The van der Waals surface area contributed by atoms with Crippen LogP contribution in [0.4, 0.5) is 0 Å². The van der Waals surface area contributed by atoms with Crippen molar-refractivity contribution in [1.29, 1.82) is 5.26 Å². The number of rotatable bonds is 2. The van der Waals surface area contributed by atoms with Crippen molar-refractivity contribution in [2.45, 2.75) is 30.7 Å². The lowest BCUT2D eigenvalue weighted by Crippen LogP contribution is -2.42. The third-order valence-corrected chi connectivity index (χ3v) is 5.48. The van der Waals surface area contributed by atoms with E-state index in [9.17, 15) is 8.42 Å². The molecule has 0 atom stereocenters. The van der Waals surface area contributed by atoms with Gasteiger partial charge in [-0.2, -0.15) is 9.57 Å². The van der Waals surface area contributed by atoms with E-state index in [-0.39, 0.29) is 10.9 Å². The van der Waals surface area contributed by atoms with Crippen molar-refractivity contribution in [3.63, 3.8) is 0 Å². The first-order valence-corrected chi connectivity index (χ1v) is 7.65. The van der Waals surface area contributed by atoms with Crippen LogP contribution in [-0.4, -0.2) is 31.9 Å². The molecule has 1 saturated heterocycles. The molecular formula is C13H17N3O2S. The lowest BCUT2D eigenvalue weighted by Gasteiger charge is -2.29. The van der Waals surface area contributed by atoms with Gasteiger partial charge in [0.2, 0.25) is 10.0 Å². The maximum atomic E-state index is 12.5. The summed E-state index contributed by atoms with van der Waals surface area (Å²) in [5.74, 6) is 0. The molecule has 0 unspecified atom stereocenters. The number of nitriles is 1. The lowest BCUT2D eigenvalue weighted by atomic mass is 10.1. The Bertz CT molecular complexity index is 611. The molecule has 5 nitrogen and oxygen atoms in total. The molecule has 0 amide bonds. The summed E-state index contributed by atoms with van der Waals surface area (Å²) < 4.78 is 26.5. The first-order chi connectivity index (χ1) is 8.95. The first kappa shape index (κ1) is 14.0. The van der Waals surface area contributed by atoms with Gasteiger partial charge < -0.3 is 5.73 Å². The molecule has 2 rings (SSSR count). The Labute approximate surface area is 113 Å². The van der Waals surface area contributed by atoms with E-state index < -0.39 is 10.0 Å². The quantitative estimate of drug-likeness (QED) is 0.874. The van der Waals surface area contributed by atoms with Crippen LogP contribution in [0.15, 0.2) is 23.1 Å². The Morgan fingerprint density at radius 1 is 1.37 bits per heavy atom. The SMILES string of the molecule is Cc1cc(C#N)ccc1S(=O)(=O)N1CCC(N)CC1. The van der Waals surface area contributed by atoms with Crippen molar-refractivity contribution >= 4 is 10.0 Å². The molecule has 2 N–H and O–H groups in total. The fourth-order valence-corrected chi connectivity index (χ4v) is 3.94. The molecule has 19 heavy (non-hydrogen) atoms. The van der Waals surface area contributed by atoms with Crippen molar-refractivity contribution < 1.29 is 8.42 Å². The molecule has 0 bridgehead atoms. The molecule has 0 spiro atoms. The zero-order valence-electron chi connectivity index (χ0n) is 10.8. The Hall–Kier alpha value is -1.42. The normalized spacial score (nSPS) is 18.2. The van der Waals surface area contributed by atoms with E-state index in [0.717, 1.165) is 0 Å². The van der Waals surface area contributed by atoms with Crippen LogP contribution in [0.25, 0.3) is 0 Å². The van der Waals surface area contributed by atoms with Crippen LogP contribution in [-0.2, 0) is 10.0 Å². The fraction of sp³-hybridized carbons (Fsp3) is 0.462. The van der Waals surface area contributed by atoms with Gasteiger partial charge >= 0.3 is 0 Å².